The van der Waals surface area contributed by atoms with E-state index in [1.54, 1.807) is 0 Å². The minimum Gasteiger partial charge on any atom is -0.481 e. The first-order valence-electron chi connectivity index (χ1n) is 5.75. The molecule has 0 saturated heterocycles. The molecule has 0 aliphatic heterocycles. The van der Waals surface area contributed by atoms with Gasteiger partial charge in [-0.2, -0.15) is 12.6 Å². The van der Waals surface area contributed by atoms with Crippen LogP contribution < -0.4 is 16.4 Å². The van der Waals surface area contributed by atoms with Crippen LogP contribution in [0.5, 0.6) is 0 Å². The third kappa shape index (κ3) is 6.92. The molecule has 11 heteroatoms. The highest BCUT2D eigenvalue weighted by atomic mass is 32.1. The number of nitrogens with one attached hydrogen (secondary N) is 2. The van der Waals surface area contributed by atoms with Gasteiger partial charge in [-0.05, 0) is 0 Å². The number of amides is 2. The zero-order chi connectivity index (χ0) is 16.6. The zero-order valence-electron chi connectivity index (χ0n) is 10.9. The summed E-state index contributed by atoms with van der Waals surface area (Å²) in [6.45, 7) is -0.884. The van der Waals surface area contributed by atoms with E-state index < -0.39 is 54.9 Å². The molecule has 0 spiro atoms. The highest BCUT2D eigenvalue weighted by Gasteiger charge is 2.28. The Kier molecular flexibility index (Phi) is 8.35. The van der Waals surface area contributed by atoms with E-state index in [0.717, 1.165) is 0 Å². The van der Waals surface area contributed by atoms with Crippen LogP contribution in [0.25, 0.3) is 0 Å². The Labute approximate surface area is 125 Å². The molecule has 10 nitrogen and oxygen atoms in total. The van der Waals surface area contributed by atoms with Crippen LogP contribution in [-0.2, 0) is 19.2 Å². The summed E-state index contributed by atoms with van der Waals surface area (Å²) < 4.78 is 0. The summed E-state index contributed by atoms with van der Waals surface area (Å²) in [6.07, 6.45) is -0.769. The molecule has 3 unspecified atom stereocenters. The molecule has 0 aromatic rings. The van der Waals surface area contributed by atoms with Gasteiger partial charge in [0.25, 0.3) is 0 Å². The molecule has 0 radical (unpaired) electrons. The second kappa shape index (κ2) is 9.15. The molecule has 0 rings (SSSR count). The van der Waals surface area contributed by atoms with Crippen molar-refractivity contribution >= 4 is 36.4 Å². The average Bonchev–Trinajstić information content (AvgIpc) is 2.41. The number of aliphatic hydroxyl groups excluding tert-OH is 1. The molecule has 7 N–H and O–H groups in total. The predicted molar refractivity (Wildman–Crippen MR) is 72.7 cm³/mol. The Bertz CT molecular complexity index is 417. The van der Waals surface area contributed by atoms with E-state index in [9.17, 15) is 19.2 Å². The smallest absolute Gasteiger partial charge is 0.328 e. The van der Waals surface area contributed by atoms with Crippen molar-refractivity contribution in [2.45, 2.75) is 24.5 Å². The molecule has 0 aromatic carbocycles. The summed E-state index contributed by atoms with van der Waals surface area (Å²) in [4.78, 5) is 44.7. The molecule has 0 heterocycles. The molecule has 120 valence electrons. The highest BCUT2D eigenvalue weighted by molar-refractivity contribution is 7.80. The van der Waals surface area contributed by atoms with Gasteiger partial charge in [0, 0.05) is 5.75 Å². The van der Waals surface area contributed by atoms with Gasteiger partial charge < -0.3 is 31.7 Å². The number of hydrogen-bond donors (Lipinski definition) is 7. The van der Waals surface area contributed by atoms with Gasteiger partial charge in [0.1, 0.15) is 12.1 Å². The van der Waals surface area contributed by atoms with Gasteiger partial charge >= 0.3 is 11.9 Å². The molecule has 3 atom stereocenters. The number of carbonyl (C=O) groups excluding carboxylic acids is 2. The van der Waals surface area contributed by atoms with Gasteiger partial charge in [0.15, 0.2) is 0 Å². The zero-order valence-corrected chi connectivity index (χ0v) is 11.7. The summed E-state index contributed by atoms with van der Waals surface area (Å²) >= 11 is 3.78. The van der Waals surface area contributed by atoms with E-state index in [1.165, 1.54) is 0 Å². The van der Waals surface area contributed by atoms with Crippen LogP contribution in [0.4, 0.5) is 0 Å². The maximum Gasteiger partial charge on any atom is 0.328 e. The first-order valence-corrected chi connectivity index (χ1v) is 6.38. The van der Waals surface area contributed by atoms with E-state index in [1.807, 2.05) is 5.32 Å². The van der Waals surface area contributed by atoms with Crippen LogP contribution in [0.1, 0.15) is 6.42 Å². The van der Waals surface area contributed by atoms with Crippen molar-refractivity contribution in [3.63, 3.8) is 0 Å². The Balaban J connectivity index is 4.88. The Morgan fingerprint density at radius 3 is 1.95 bits per heavy atom. The van der Waals surface area contributed by atoms with Crippen LogP contribution in [-0.4, -0.2) is 69.6 Å². The number of aliphatic hydroxyl groups is 1. The van der Waals surface area contributed by atoms with Crippen molar-refractivity contribution in [3.8, 4) is 0 Å². The first-order chi connectivity index (χ1) is 9.72. The maximum absolute atomic E-state index is 11.8. The topological polar surface area (TPSA) is 179 Å². The number of aliphatic carboxylic acids is 2. The molecule has 0 aromatic heterocycles. The van der Waals surface area contributed by atoms with Crippen molar-refractivity contribution in [2.75, 3.05) is 12.4 Å². The minimum atomic E-state index is -1.61. The number of thiol groups is 1. The standard InChI is InChI=1S/C10H17N3O7S/c11-4(3-21)8(17)12-5(1-7(15)16)9(18)13-6(2-14)10(19)20/h4-6,14,21H,1-3,11H2,(H,12,17)(H,13,18)(H,15,16)(H,19,20). The lowest BCUT2D eigenvalue weighted by Crippen LogP contribution is -2.56. The number of carboxylic acid groups (broad SMARTS) is 2. The molecule has 0 saturated carbocycles. The third-order valence-corrected chi connectivity index (χ3v) is 2.74. The summed E-state index contributed by atoms with van der Waals surface area (Å²) in [6, 6.07) is -4.18. The number of nitrogens with two attached hydrogens (primary N) is 1. The van der Waals surface area contributed by atoms with Crippen LogP contribution in [0, 0.1) is 0 Å². The van der Waals surface area contributed by atoms with Crippen LogP contribution >= 0.6 is 12.6 Å². The van der Waals surface area contributed by atoms with E-state index >= 15 is 0 Å². The summed E-state index contributed by atoms with van der Waals surface area (Å²) in [5.41, 5.74) is 5.37. The van der Waals surface area contributed by atoms with Crippen molar-refractivity contribution in [1.29, 1.82) is 0 Å². The summed E-state index contributed by atoms with van der Waals surface area (Å²) in [7, 11) is 0. The van der Waals surface area contributed by atoms with Gasteiger partial charge in [-0.3, -0.25) is 14.4 Å². The molecular formula is C10H17N3O7S. The lowest BCUT2D eigenvalue weighted by Gasteiger charge is -2.20. The van der Waals surface area contributed by atoms with E-state index in [4.69, 9.17) is 21.1 Å². The van der Waals surface area contributed by atoms with Crippen LogP contribution in [0.2, 0.25) is 0 Å². The van der Waals surface area contributed by atoms with Crippen molar-refractivity contribution in [3.05, 3.63) is 0 Å². The molecule has 0 fully saturated rings. The van der Waals surface area contributed by atoms with Crippen molar-refractivity contribution < 1.29 is 34.5 Å². The van der Waals surface area contributed by atoms with E-state index in [0.29, 0.717) is 0 Å². The Morgan fingerprint density at radius 2 is 1.57 bits per heavy atom. The maximum atomic E-state index is 11.8. The first kappa shape index (κ1) is 19.1. The fourth-order valence-corrected chi connectivity index (χ4v) is 1.37. The lowest BCUT2D eigenvalue weighted by atomic mass is 10.1. The van der Waals surface area contributed by atoms with Crippen LogP contribution in [0.3, 0.4) is 0 Å². The minimum absolute atomic E-state index is 0.0262. The summed E-state index contributed by atoms with van der Waals surface area (Å²) in [5.74, 6) is -4.77. The Hall–Kier alpha value is -1.85. The second-order valence-corrected chi connectivity index (χ2v) is 4.40. The van der Waals surface area contributed by atoms with Gasteiger partial charge in [0.2, 0.25) is 11.8 Å². The normalized spacial score (nSPS) is 14.6. The van der Waals surface area contributed by atoms with E-state index in [2.05, 4.69) is 17.9 Å². The number of rotatable bonds is 9. The highest BCUT2D eigenvalue weighted by Crippen LogP contribution is 1.97. The largest absolute Gasteiger partial charge is 0.481 e. The van der Waals surface area contributed by atoms with Crippen LogP contribution in [0.15, 0.2) is 0 Å². The van der Waals surface area contributed by atoms with Gasteiger partial charge in [0.05, 0.1) is 19.1 Å². The predicted octanol–water partition coefficient (Wildman–Crippen LogP) is -3.24. The third-order valence-electron chi connectivity index (χ3n) is 2.34. The Morgan fingerprint density at radius 1 is 1.05 bits per heavy atom. The van der Waals surface area contributed by atoms with Gasteiger partial charge in [-0.15, -0.1) is 0 Å². The molecule has 0 aliphatic rings. The fourth-order valence-electron chi connectivity index (χ4n) is 1.20. The quantitative estimate of drug-likeness (QED) is 0.216. The SMILES string of the molecule is NC(CS)C(=O)NC(CC(=O)O)C(=O)NC(CO)C(=O)O. The van der Waals surface area contributed by atoms with Crippen molar-refractivity contribution in [2.24, 2.45) is 5.73 Å². The molecule has 21 heavy (non-hydrogen) atoms. The van der Waals surface area contributed by atoms with E-state index in [-0.39, 0.29) is 5.75 Å². The summed E-state index contributed by atoms with van der Waals surface area (Å²) in [5, 5.41) is 30.2. The number of carboxylic acids is 2. The molecule has 0 aliphatic carbocycles. The second-order valence-electron chi connectivity index (χ2n) is 4.03. The molecule has 0 bridgehead atoms. The number of carbonyl (C=O) groups is 4. The van der Waals surface area contributed by atoms with Crippen molar-refractivity contribution in [1.82, 2.24) is 10.6 Å². The number of hydrogen-bond acceptors (Lipinski definition) is 7. The monoisotopic (exact) mass is 323 g/mol. The average molecular weight is 323 g/mol. The fraction of sp³-hybridized carbons (Fsp3) is 0.600. The van der Waals surface area contributed by atoms with Gasteiger partial charge in [-0.1, -0.05) is 0 Å². The molecule has 2 amide bonds. The lowest BCUT2D eigenvalue weighted by molar-refractivity contribution is -0.144. The van der Waals surface area contributed by atoms with Gasteiger partial charge in [-0.25, -0.2) is 4.79 Å². The molecular weight excluding hydrogens is 306 g/mol.